The second kappa shape index (κ2) is 8.29. The van der Waals surface area contributed by atoms with Gasteiger partial charge in [-0.3, -0.25) is 0 Å². The molecular formula is C17H20ClN3O2. The molecule has 0 radical (unpaired) electrons. The number of hydrogen-bond donors (Lipinski definition) is 3. The van der Waals surface area contributed by atoms with E-state index < -0.39 is 0 Å². The van der Waals surface area contributed by atoms with Crippen molar-refractivity contribution >= 4 is 29.0 Å². The van der Waals surface area contributed by atoms with Crippen molar-refractivity contribution in [1.29, 1.82) is 0 Å². The number of anilines is 2. The highest BCUT2D eigenvalue weighted by molar-refractivity contribution is 6.34. The summed E-state index contributed by atoms with van der Waals surface area (Å²) in [6.07, 6.45) is 0.705. The van der Waals surface area contributed by atoms with E-state index in [4.69, 9.17) is 22.1 Å². The first-order chi connectivity index (χ1) is 11.0. The molecular weight excluding hydrogens is 314 g/mol. The molecule has 122 valence electrons. The first-order valence-electron chi connectivity index (χ1n) is 7.34. The van der Waals surface area contributed by atoms with Crippen molar-refractivity contribution in [2.24, 2.45) is 0 Å². The summed E-state index contributed by atoms with van der Waals surface area (Å²) in [4.78, 5) is 11.8. The van der Waals surface area contributed by atoms with Gasteiger partial charge in [0.15, 0.2) is 0 Å². The molecule has 2 rings (SSSR count). The minimum Gasteiger partial charge on any atom is -0.494 e. The van der Waals surface area contributed by atoms with E-state index in [1.165, 1.54) is 5.56 Å². The van der Waals surface area contributed by atoms with Crippen LogP contribution in [0.2, 0.25) is 5.02 Å². The van der Waals surface area contributed by atoms with Crippen LogP contribution in [-0.4, -0.2) is 19.2 Å². The maximum atomic E-state index is 11.8. The molecule has 0 saturated carbocycles. The van der Waals surface area contributed by atoms with Crippen LogP contribution in [0.1, 0.15) is 12.0 Å². The molecule has 6 heteroatoms. The Kier molecular flexibility index (Phi) is 6.11. The standard InChI is InChI=1S/C17H20ClN3O2/c1-12-3-6-14(7-4-12)23-10-2-9-20-17(22)21-16-8-5-13(19)11-15(16)18/h3-8,11H,2,9-10,19H2,1H3,(H2,20,21,22). The fraction of sp³-hybridized carbons (Fsp3) is 0.235. The molecule has 0 aliphatic carbocycles. The van der Waals surface area contributed by atoms with E-state index in [0.717, 1.165) is 5.75 Å². The van der Waals surface area contributed by atoms with E-state index in [2.05, 4.69) is 10.6 Å². The van der Waals surface area contributed by atoms with Gasteiger partial charge in [0.05, 0.1) is 17.3 Å². The lowest BCUT2D eigenvalue weighted by Gasteiger charge is -2.10. The number of carbonyl (C=O) groups excluding carboxylic acids is 1. The number of urea groups is 1. The number of hydrogen-bond acceptors (Lipinski definition) is 3. The number of rotatable bonds is 6. The maximum Gasteiger partial charge on any atom is 0.319 e. The van der Waals surface area contributed by atoms with Gasteiger partial charge >= 0.3 is 6.03 Å². The number of ether oxygens (including phenoxy) is 1. The molecule has 23 heavy (non-hydrogen) atoms. The first-order valence-corrected chi connectivity index (χ1v) is 7.72. The van der Waals surface area contributed by atoms with Gasteiger partial charge in [-0.1, -0.05) is 29.3 Å². The van der Waals surface area contributed by atoms with Crippen molar-refractivity contribution in [2.45, 2.75) is 13.3 Å². The third-order valence-corrected chi connectivity index (χ3v) is 3.45. The van der Waals surface area contributed by atoms with Crippen molar-refractivity contribution in [3.05, 3.63) is 53.1 Å². The Balaban J connectivity index is 1.65. The maximum absolute atomic E-state index is 11.8. The smallest absolute Gasteiger partial charge is 0.319 e. The summed E-state index contributed by atoms with van der Waals surface area (Å²) in [6, 6.07) is 12.5. The minimum absolute atomic E-state index is 0.313. The average molecular weight is 334 g/mol. The molecule has 0 atom stereocenters. The summed E-state index contributed by atoms with van der Waals surface area (Å²) in [5, 5.41) is 5.83. The van der Waals surface area contributed by atoms with E-state index in [1.54, 1.807) is 18.2 Å². The number of benzene rings is 2. The van der Waals surface area contributed by atoms with Crippen LogP contribution in [-0.2, 0) is 0 Å². The Morgan fingerprint density at radius 2 is 1.96 bits per heavy atom. The van der Waals surface area contributed by atoms with Crippen LogP contribution in [0.5, 0.6) is 5.75 Å². The molecule has 0 fully saturated rings. The summed E-state index contributed by atoms with van der Waals surface area (Å²) in [5.41, 5.74) is 7.87. The number of nitrogens with two attached hydrogens (primary N) is 1. The summed E-state index contributed by atoms with van der Waals surface area (Å²) < 4.78 is 5.59. The molecule has 0 saturated heterocycles. The fourth-order valence-electron chi connectivity index (χ4n) is 1.90. The molecule has 5 nitrogen and oxygen atoms in total. The van der Waals surface area contributed by atoms with E-state index in [1.807, 2.05) is 31.2 Å². The van der Waals surface area contributed by atoms with E-state index in [9.17, 15) is 4.79 Å². The molecule has 0 aromatic heterocycles. The van der Waals surface area contributed by atoms with E-state index >= 15 is 0 Å². The number of nitrogen functional groups attached to an aromatic ring is 1. The lowest BCUT2D eigenvalue weighted by Crippen LogP contribution is -2.30. The molecule has 2 amide bonds. The molecule has 0 heterocycles. The third-order valence-electron chi connectivity index (χ3n) is 3.14. The predicted octanol–water partition coefficient (Wildman–Crippen LogP) is 3.82. The van der Waals surface area contributed by atoms with Gasteiger partial charge in [-0.2, -0.15) is 0 Å². The summed E-state index contributed by atoms with van der Waals surface area (Å²) in [6.45, 7) is 3.07. The van der Waals surface area contributed by atoms with Crippen molar-refractivity contribution in [1.82, 2.24) is 5.32 Å². The lowest BCUT2D eigenvalue weighted by molar-refractivity contribution is 0.250. The van der Waals surface area contributed by atoms with Gasteiger partial charge in [0, 0.05) is 12.2 Å². The minimum atomic E-state index is -0.313. The van der Waals surface area contributed by atoms with Crippen molar-refractivity contribution in [3.63, 3.8) is 0 Å². The highest BCUT2D eigenvalue weighted by Gasteiger charge is 2.05. The van der Waals surface area contributed by atoms with Gasteiger partial charge in [-0.15, -0.1) is 0 Å². The Hall–Kier alpha value is -2.40. The monoisotopic (exact) mass is 333 g/mol. The largest absolute Gasteiger partial charge is 0.494 e. The van der Waals surface area contributed by atoms with Gasteiger partial charge in [0.2, 0.25) is 0 Å². The summed E-state index contributed by atoms with van der Waals surface area (Å²) >= 11 is 5.99. The van der Waals surface area contributed by atoms with Gasteiger partial charge in [0.25, 0.3) is 0 Å². The SMILES string of the molecule is Cc1ccc(OCCCNC(=O)Nc2ccc(N)cc2Cl)cc1. The Labute approximate surface area is 140 Å². The average Bonchev–Trinajstić information content (AvgIpc) is 2.51. The van der Waals surface area contributed by atoms with E-state index in [0.29, 0.717) is 36.0 Å². The Bertz CT molecular complexity index is 659. The fourth-order valence-corrected chi connectivity index (χ4v) is 2.13. The van der Waals surface area contributed by atoms with Crippen molar-refractivity contribution in [2.75, 3.05) is 24.2 Å². The zero-order valence-electron chi connectivity index (χ0n) is 12.9. The molecule has 0 unspecified atom stereocenters. The highest BCUT2D eigenvalue weighted by atomic mass is 35.5. The van der Waals surface area contributed by atoms with Crippen LogP contribution in [0, 0.1) is 6.92 Å². The van der Waals surface area contributed by atoms with Gasteiger partial charge in [-0.25, -0.2) is 4.79 Å². The third kappa shape index (κ3) is 5.71. The number of aryl methyl sites for hydroxylation is 1. The molecule has 0 bridgehead atoms. The normalized spacial score (nSPS) is 10.2. The molecule has 0 aliphatic heterocycles. The quantitative estimate of drug-likeness (QED) is 0.555. The number of nitrogens with one attached hydrogen (secondary N) is 2. The molecule has 0 spiro atoms. The second-order valence-corrected chi connectivity index (χ2v) is 5.54. The van der Waals surface area contributed by atoms with Crippen molar-refractivity contribution in [3.8, 4) is 5.75 Å². The van der Waals surface area contributed by atoms with Gasteiger partial charge in [-0.05, 0) is 43.7 Å². The van der Waals surface area contributed by atoms with Gasteiger partial charge in [0.1, 0.15) is 5.75 Å². The van der Waals surface area contributed by atoms with Crippen LogP contribution in [0.3, 0.4) is 0 Å². The van der Waals surface area contributed by atoms with Crippen molar-refractivity contribution < 1.29 is 9.53 Å². The molecule has 0 aliphatic rings. The highest BCUT2D eigenvalue weighted by Crippen LogP contribution is 2.23. The Morgan fingerprint density at radius 1 is 1.22 bits per heavy atom. The molecule has 2 aromatic rings. The Morgan fingerprint density at radius 3 is 2.65 bits per heavy atom. The van der Waals surface area contributed by atoms with Crippen LogP contribution in [0.15, 0.2) is 42.5 Å². The number of amides is 2. The topological polar surface area (TPSA) is 76.4 Å². The van der Waals surface area contributed by atoms with Gasteiger partial charge < -0.3 is 21.1 Å². The van der Waals surface area contributed by atoms with Crippen LogP contribution < -0.4 is 21.1 Å². The predicted molar refractivity (Wildman–Crippen MR) is 94.2 cm³/mol. The van der Waals surface area contributed by atoms with Crippen LogP contribution >= 0.6 is 11.6 Å². The van der Waals surface area contributed by atoms with Crippen LogP contribution in [0.25, 0.3) is 0 Å². The molecule has 2 aromatic carbocycles. The summed E-state index contributed by atoms with van der Waals surface area (Å²) in [7, 11) is 0. The summed E-state index contributed by atoms with van der Waals surface area (Å²) in [5.74, 6) is 0.828. The second-order valence-electron chi connectivity index (χ2n) is 5.14. The lowest BCUT2D eigenvalue weighted by atomic mass is 10.2. The molecule has 4 N–H and O–H groups in total. The first kappa shape index (κ1) is 17.0. The van der Waals surface area contributed by atoms with Crippen LogP contribution in [0.4, 0.5) is 16.2 Å². The van der Waals surface area contributed by atoms with E-state index in [-0.39, 0.29) is 6.03 Å². The zero-order valence-corrected chi connectivity index (χ0v) is 13.7. The number of halogens is 1. The number of carbonyl (C=O) groups is 1. The zero-order chi connectivity index (χ0) is 16.7.